The molecule has 0 spiro atoms. The summed E-state index contributed by atoms with van der Waals surface area (Å²) in [6.07, 6.45) is 3.22. The normalized spacial score (nSPS) is 25.6. The predicted octanol–water partition coefficient (Wildman–Crippen LogP) is -0.681. The Labute approximate surface area is 72.3 Å². The van der Waals surface area contributed by atoms with Crippen LogP contribution in [-0.4, -0.2) is 41.7 Å². The highest BCUT2D eigenvalue weighted by Gasteiger charge is 2.22. The maximum atomic E-state index is 10.6. The van der Waals surface area contributed by atoms with Gasteiger partial charge < -0.3 is 10.8 Å². The Morgan fingerprint density at radius 2 is 2.33 bits per heavy atom. The molecule has 0 saturated carbocycles. The quantitative estimate of drug-likeness (QED) is 0.592. The van der Waals surface area contributed by atoms with Gasteiger partial charge in [-0.05, 0) is 19.4 Å². The maximum Gasteiger partial charge on any atom is 0.231 e. The first kappa shape index (κ1) is 9.48. The van der Waals surface area contributed by atoms with E-state index in [2.05, 4.69) is 0 Å². The first-order chi connectivity index (χ1) is 5.74. The third-order valence-electron chi connectivity index (χ3n) is 2.32. The molecule has 1 amide bonds. The monoisotopic (exact) mass is 172 g/mol. The summed E-state index contributed by atoms with van der Waals surface area (Å²) in [4.78, 5) is 12.6. The molecule has 4 heteroatoms. The fourth-order valence-corrected chi connectivity index (χ4v) is 1.68. The molecule has 1 unspecified atom stereocenters. The molecule has 4 nitrogen and oxygen atoms in total. The minimum atomic E-state index is -0.310. The molecule has 1 fully saturated rings. The highest BCUT2D eigenvalue weighted by Crippen LogP contribution is 2.15. The molecule has 1 atom stereocenters. The molecule has 70 valence electrons. The molecule has 1 heterocycles. The Hall–Kier alpha value is -0.610. The van der Waals surface area contributed by atoms with E-state index in [1.807, 2.05) is 4.90 Å². The molecule has 3 N–H and O–H groups in total. The summed E-state index contributed by atoms with van der Waals surface area (Å²) in [5.74, 6) is -0.310. The number of nitrogens with two attached hydrogens (primary N) is 1. The number of aliphatic hydroxyl groups excluding tert-OH is 1. The minimum absolute atomic E-state index is 0.132. The second-order valence-electron chi connectivity index (χ2n) is 3.27. The summed E-state index contributed by atoms with van der Waals surface area (Å²) in [7, 11) is 0. The topological polar surface area (TPSA) is 66.6 Å². The van der Waals surface area contributed by atoms with Crippen LogP contribution in [0.1, 0.15) is 19.3 Å². The van der Waals surface area contributed by atoms with E-state index in [1.54, 1.807) is 0 Å². The molecule has 0 radical (unpaired) electrons. The third-order valence-corrected chi connectivity index (χ3v) is 2.32. The van der Waals surface area contributed by atoms with Crippen LogP contribution in [0.15, 0.2) is 0 Å². The number of hydrogen-bond donors (Lipinski definition) is 2. The molecule has 12 heavy (non-hydrogen) atoms. The molecular weight excluding hydrogens is 156 g/mol. The van der Waals surface area contributed by atoms with Crippen LogP contribution in [0.2, 0.25) is 0 Å². The number of rotatable bonds is 3. The first-order valence-corrected chi connectivity index (χ1v) is 4.37. The van der Waals surface area contributed by atoms with Gasteiger partial charge >= 0.3 is 0 Å². The van der Waals surface area contributed by atoms with Gasteiger partial charge in [-0.3, -0.25) is 9.69 Å². The highest BCUT2D eigenvalue weighted by atomic mass is 16.3. The predicted molar refractivity (Wildman–Crippen MR) is 45.5 cm³/mol. The van der Waals surface area contributed by atoms with Crippen molar-refractivity contribution in [3.8, 4) is 0 Å². The van der Waals surface area contributed by atoms with Gasteiger partial charge in [-0.2, -0.15) is 0 Å². The van der Waals surface area contributed by atoms with Crippen molar-refractivity contribution in [1.29, 1.82) is 0 Å². The number of hydrogen-bond acceptors (Lipinski definition) is 3. The molecule has 0 aromatic rings. The average molecular weight is 172 g/mol. The third kappa shape index (κ3) is 2.46. The molecule has 1 aliphatic heterocycles. The van der Waals surface area contributed by atoms with Crippen molar-refractivity contribution >= 4 is 5.91 Å². The van der Waals surface area contributed by atoms with E-state index >= 15 is 0 Å². The fraction of sp³-hybridized carbons (Fsp3) is 0.875. The summed E-state index contributed by atoms with van der Waals surface area (Å²) < 4.78 is 0. The molecule has 1 saturated heterocycles. The van der Waals surface area contributed by atoms with E-state index in [9.17, 15) is 4.79 Å². The number of likely N-dealkylation sites (tertiary alicyclic amines) is 1. The Balaban J connectivity index is 2.41. The largest absolute Gasteiger partial charge is 0.395 e. The summed E-state index contributed by atoms with van der Waals surface area (Å²) in [6, 6.07) is 0.145. The number of aliphatic hydroxyl groups is 1. The van der Waals surface area contributed by atoms with Crippen molar-refractivity contribution in [2.75, 3.05) is 19.7 Å². The standard InChI is InChI=1S/C8H16N2O2/c9-8(12)5-10-4-2-1-3-7(10)6-11/h7,11H,1-6H2,(H2,9,12). The number of nitrogens with zero attached hydrogens (tertiary/aromatic N) is 1. The number of carbonyl (C=O) groups is 1. The van der Waals surface area contributed by atoms with Crippen LogP contribution in [0.3, 0.4) is 0 Å². The van der Waals surface area contributed by atoms with E-state index in [1.165, 1.54) is 0 Å². The Bertz CT molecular complexity index is 161. The van der Waals surface area contributed by atoms with Gasteiger partial charge in [0.2, 0.25) is 5.91 Å². The van der Waals surface area contributed by atoms with Crippen LogP contribution in [0, 0.1) is 0 Å². The maximum absolute atomic E-state index is 10.6. The number of amides is 1. The van der Waals surface area contributed by atoms with Crippen LogP contribution in [0.25, 0.3) is 0 Å². The van der Waals surface area contributed by atoms with Crippen LogP contribution in [0.5, 0.6) is 0 Å². The Morgan fingerprint density at radius 3 is 2.92 bits per heavy atom. The van der Waals surface area contributed by atoms with E-state index in [-0.39, 0.29) is 25.1 Å². The van der Waals surface area contributed by atoms with Crippen molar-refractivity contribution in [2.24, 2.45) is 5.73 Å². The Morgan fingerprint density at radius 1 is 1.58 bits per heavy atom. The molecule has 0 bridgehead atoms. The van der Waals surface area contributed by atoms with Gasteiger partial charge in [0.05, 0.1) is 13.2 Å². The number of piperidine rings is 1. The SMILES string of the molecule is NC(=O)CN1CCCCC1CO. The van der Waals surface area contributed by atoms with Gasteiger partial charge in [-0.25, -0.2) is 0 Å². The van der Waals surface area contributed by atoms with E-state index in [0.717, 1.165) is 25.8 Å². The van der Waals surface area contributed by atoms with E-state index < -0.39 is 0 Å². The molecular formula is C8H16N2O2. The molecule has 0 aliphatic carbocycles. The number of primary amides is 1. The second kappa shape index (κ2) is 4.42. The zero-order valence-electron chi connectivity index (χ0n) is 7.20. The fourth-order valence-electron chi connectivity index (χ4n) is 1.68. The molecule has 0 aromatic carbocycles. The zero-order chi connectivity index (χ0) is 8.97. The van der Waals surface area contributed by atoms with Gasteiger partial charge in [0.1, 0.15) is 0 Å². The summed E-state index contributed by atoms with van der Waals surface area (Å²) >= 11 is 0. The molecule has 0 aromatic heterocycles. The van der Waals surface area contributed by atoms with Crippen molar-refractivity contribution in [1.82, 2.24) is 4.90 Å². The van der Waals surface area contributed by atoms with E-state index in [4.69, 9.17) is 10.8 Å². The van der Waals surface area contributed by atoms with Crippen molar-refractivity contribution in [3.63, 3.8) is 0 Å². The summed E-state index contributed by atoms with van der Waals surface area (Å²) in [5, 5.41) is 8.98. The van der Waals surface area contributed by atoms with Crippen molar-refractivity contribution in [3.05, 3.63) is 0 Å². The minimum Gasteiger partial charge on any atom is -0.395 e. The van der Waals surface area contributed by atoms with Crippen molar-refractivity contribution in [2.45, 2.75) is 25.3 Å². The lowest BCUT2D eigenvalue weighted by Gasteiger charge is -2.33. The van der Waals surface area contributed by atoms with Crippen molar-refractivity contribution < 1.29 is 9.90 Å². The van der Waals surface area contributed by atoms with Crippen LogP contribution in [-0.2, 0) is 4.79 Å². The van der Waals surface area contributed by atoms with Gasteiger partial charge in [0, 0.05) is 6.04 Å². The second-order valence-corrected chi connectivity index (χ2v) is 3.27. The van der Waals surface area contributed by atoms with E-state index in [0.29, 0.717) is 0 Å². The van der Waals surface area contributed by atoms with Crippen LogP contribution in [0.4, 0.5) is 0 Å². The van der Waals surface area contributed by atoms with Gasteiger partial charge in [-0.1, -0.05) is 6.42 Å². The van der Waals surface area contributed by atoms with Gasteiger partial charge in [0.25, 0.3) is 0 Å². The highest BCUT2D eigenvalue weighted by molar-refractivity contribution is 5.75. The lowest BCUT2D eigenvalue weighted by atomic mass is 10.0. The zero-order valence-corrected chi connectivity index (χ0v) is 7.20. The van der Waals surface area contributed by atoms with Crippen LogP contribution < -0.4 is 5.73 Å². The molecule has 1 aliphatic rings. The van der Waals surface area contributed by atoms with Gasteiger partial charge in [0.15, 0.2) is 0 Å². The summed E-state index contributed by atoms with van der Waals surface area (Å²) in [5.41, 5.74) is 5.08. The first-order valence-electron chi connectivity index (χ1n) is 4.37. The number of carbonyl (C=O) groups excluding carboxylic acids is 1. The lowest BCUT2D eigenvalue weighted by molar-refractivity contribution is -0.120. The Kier molecular flexibility index (Phi) is 3.49. The lowest BCUT2D eigenvalue weighted by Crippen LogP contribution is -2.45. The summed E-state index contributed by atoms with van der Waals surface area (Å²) in [6.45, 7) is 1.30. The van der Waals surface area contributed by atoms with Gasteiger partial charge in [-0.15, -0.1) is 0 Å². The smallest absolute Gasteiger partial charge is 0.231 e. The molecule has 1 rings (SSSR count). The average Bonchev–Trinajstić information content (AvgIpc) is 2.04. The van der Waals surface area contributed by atoms with Crippen LogP contribution >= 0.6 is 0 Å².